The molecule has 0 saturated carbocycles. The normalized spacial score (nSPS) is 10.5. The molecule has 1 heterocycles. The first-order chi connectivity index (χ1) is 7.58. The Balaban J connectivity index is 2.59. The minimum absolute atomic E-state index is 0.297. The molecule has 0 aliphatic heterocycles. The molecule has 0 aliphatic rings. The van der Waals surface area contributed by atoms with Crippen LogP contribution in [-0.4, -0.2) is 4.98 Å². The van der Waals surface area contributed by atoms with Gasteiger partial charge in [-0.1, -0.05) is 34.8 Å². The Morgan fingerprint density at radius 2 is 1.75 bits per heavy atom. The van der Waals surface area contributed by atoms with E-state index in [0.29, 0.717) is 26.3 Å². The molecular formula is C11H5Cl3FN. The molecule has 0 atom stereocenters. The first-order valence-corrected chi connectivity index (χ1v) is 5.48. The smallest absolute Gasteiger partial charge is 0.134 e. The summed E-state index contributed by atoms with van der Waals surface area (Å²) in [6, 6.07) is 5.83. The SMILES string of the molecule is Fc1cc(Cl)ccc1-c1ncc(Cl)cc1Cl. The van der Waals surface area contributed by atoms with E-state index in [-0.39, 0.29) is 0 Å². The van der Waals surface area contributed by atoms with E-state index >= 15 is 0 Å². The minimum atomic E-state index is -0.468. The van der Waals surface area contributed by atoms with Crippen LogP contribution in [0.4, 0.5) is 4.39 Å². The van der Waals surface area contributed by atoms with Crippen LogP contribution in [0.1, 0.15) is 0 Å². The predicted octanol–water partition coefficient (Wildman–Crippen LogP) is 4.85. The molecule has 0 N–H and O–H groups in total. The van der Waals surface area contributed by atoms with Crippen LogP contribution in [0.25, 0.3) is 11.3 Å². The lowest BCUT2D eigenvalue weighted by molar-refractivity contribution is 0.631. The van der Waals surface area contributed by atoms with Gasteiger partial charge in [0.25, 0.3) is 0 Å². The summed E-state index contributed by atoms with van der Waals surface area (Å²) in [5.41, 5.74) is 0.645. The third kappa shape index (κ3) is 2.29. The van der Waals surface area contributed by atoms with Crippen molar-refractivity contribution in [2.45, 2.75) is 0 Å². The van der Waals surface area contributed by atoms with Crippen molar-refractivity contribution in [1.29, 1.82) is 0 Å². The van der Waals surface area contributed by atoms with E-state index in [1.807, 2.05) is 0 Å². The Morgan fingerprint density at radius 3 is 2.38 bits per heavy atom. The zero-order valence-corrected chi connectivity index (χ0v) is 10.1. The highest BCUT2D eigenvalue weighted by Crippen LogP contribution is 2.30. The molecule has 0 bridgehead atoms. The largest absolute Gasteiger partial charge is 0.253 e. The van der Waals surface area contributed by atoms with Crippen molar-refractivity contribution >= 4 is 34.8 Å². The fourth-order valence-corrected chi connectivity index (χ4v) is 1.93. The number of hydrogen-bond donors (Lipinski definition) is 0. The van der Waals surface area contributed by atoms with Crippen molar-refractivity contribution in [3.8, 4) is 11.3 Å². The Bertz CT molecular complexity index is 493. The maximum Gasteiger partial charge on any atom is 0.134 e. The third-order valence-corrected chi connectivity index (χ3v) is 2.72. The number of rotatable bonds is 1. The van der Waals surface area contributed by atoms with Gasteiger partial charge in [-0.05, 0) is 24.3 Å². The highest BCUT2D eigenvalue weighted by molar-refractivity contribution is 6.36. The number of benzene rings is 1. The number of aromatic nitrogens is 1. The number of pyridine rings is 1. The van der Waals surface area contributed by atoms with E-state index < -0.39 is 5.82 Å². The fraction of sp³-hybridized carbons (Fsp3) is 0. The summed E-state index contributed by atoms with van der Waals surface area (Å²) in [7, 11) is 0. The third-order valence-electron chi connectivity index (χ3n) is 1.99. The summed E-state index contributed by atoms with van der Waals surface area (Å²) in [4.78, 5) is 3.99. The molecule has 16 heavy (non-hydrogen) atoms. The zero-order chi connectivity index (χ0) is 11.7. The Labute approximate surface area is 107 Å². The van der Waals surface area contributed by atoms with E-state index in [4.69, 9.17) is 34.8 Å². The lowest BCUT2D eigenvalue weighted by Crippen LogP contribution is -1.89. The van der Waals surface area contributed by atoms with E-state index in [9.17, 15) is 4.39 Å². The molecule has 0 saturated heterocycles. The van der Waals surface area contributed by atoms with Gasteiger partial charge in [-0.25, -0.2) is 4.39 Å². The second-order valence-corrected chi connectivity index (χ2v) is 4.39. The molecule has 0 fully saturated rings. The van der Waals surface area contributed by atoms with E-state index in [0.717, 1.165) is 0 Å². The molecule has 1 aromatic heterocycles. The molecule has 0 amide bonds. The Morgan fingerprint density at radius 1 is 1.00 bits per heavy atom. The quantitative estimate of drug-likeness (QED) is 0.725. The molecule has 82 valence electrons. The highest BCUT2D eigenvalue weighted by Gasteiger charge is 2.11. The molecule has 0 unspecified atom stereocenters. The summed E-state index contributed by atoms with van der Waals surface area (Å²) >= 11 is 17.3. The predicted molar refractivity (Wildman–Crippen MR) is 64.7 cm³/mol. The van der Waals surface area contributed by atoms with Crippen molar-refractivity contribution in [3.63, 3.8) is 0 Å². The van der Waals surface area contributed by atoms with E-state index in [1.54, 1.807) is 6.07 Å². The molecule has 0 radical (unpaired) electrons. The van der Waals surface area contributed by atoms with Crippen LogP contribution < -0.4 is 0 Å². The van der Waals surface area contributed by atoms with Gasteiger partial charge in [0.2, 0.25) is 0 Å². The van der Waals surface area contributed by atoms with E-state index in [2.05, 4.69) is 4.98 Å². The van der Waals surface area contributed by atoms with Crippen LogP contribution in [0.2, 0.25) is 15.1 Å². The van der Waals surface area contributed by atoms with Gasteiger partial charge >= 0.3 is 0 Å². The standard InChI is InChI=1S/C11H5Cl3FN/c12-6-1-2-8(10(15)4-6)11-9(14)3-7(13)5-16-11/h1-5H. The molecule has 2 rings (SSSR count). The molecule has 5 heteroatoms. The van der Waals surface area contributed by atoms with Crippen molar-refractivity contribution in [1.82, 2.24) is 4.98 Å². The van der Waals surface area contributed by atoms with Crippen LogP contribution in [0, 0.1) is 5.82 Å². The second kappa shape index (κ2) is 4.58. The average molecular weight is 277 g/mol. The average Bonchev–Trinajstić information content (AvgIpc) is 2.19. The number of nitrogens with zero attached hydrogens (tertiary/aromatic N) is 1. The molecular weight excluding hydrogens is 271 g/mol. The van der Waals surface area contributed by atoms with Gasteiger partial charge < -0.3 is 0 Å². The topological polar surface area (TPSA) is 12.9 Å². The molecule has 0 aliphatic carbocycles. The second-order valence-electron chi connectivity index (χ2n) is 3.11. The summed E-state index contributed by atoms with van der Waals surface area (Å²) in [6.45, 7) is 0. The number of hydrogen-bond acceptors (Lipinski definition) is 1. The summed E-state index contributed by atoms with van der Waals surface area (Å²) in [6.07, 6.45) is 1.41. The molecule has 0 spiro atoms. The van der Waals surface area contributed by atoms with E-state index in [1.165, 1.54) is 24.4 Å². The lowest BCUT2D eigenvalue weighted by atomic mass is 10.1. The van der Waals surface area contributed by atoms with Crippen molar-refractivity contribution < 1.29 is 4.39 Å². The Kier molecular flexibility index (Phi) is 3.33. The highest BCUT2D eigenvalue weighted by atomic mass is 35.5. The molecule has 1 nitrogen and oxygen atoms in total. The van der Waals surface area contributed by atoms with Crippen LogP contribution in [0.3, 0.4) is 0 Å². The van der Waals surface area contributed by atoms with Crippen molar-refractivity contribution in [2.75, 3.05) is 0 Å². The van der Waals surface area contributed by atoms with Gasteiger partial charge in [-0.15, -0.1) is 0 Å². The first kappa shape index (κ1) is 11.6. The van der Waals surface area contributed by atoms with Gasteiger partial charge in [0.1, 0.15) is 5.82 Å². The van der Waals surface area contributed by atoms with Gasteiger partial charge in [0, 0.05) is 16.8 Å². The minimum Gasteiger partial charge on any atom is -0.253 e. The summed E-state index contributed by atoms with van der Waals surface area (Å²) in [5, 5.41) is 1.03. The van der Waals surface area contributed by atoms with Gasteiger partial charge in [-0.3, -0.25) is 4.98 Å². The van der Waals surface area contributed by atoms with Gasteiger partial charge in [-0.2, -0.15) is 0 Å². The maximum atomic E-state index is 13.6. The molecule has 2 aromatic rings. The maximum absolute atomic E-state index is 13.6. The fourth-order valence-electron chi connectivity index (χ4n) is 1.29. The van der Waals surface area contributed by atoms with Crippen LogP contribution in [0.5, 0.6) is 0 Å². The zero-order valence-electron chi connectivity index (χ0n) is 7.85. The Hall–Kier alpha value is -0.830. The van der Waals surface area contributed by atoms with Gasteiger partial charge in [0.15, 0.2) is 0 Å². The van der Waals surface area contributed by atoms with Gasteiger partial charge in [0.05, 0.1) is 15.7 Å². The van der Waals surface area contributed by atoms with Crippen LogP contribution in [-0.2, 0) is 0 Å². The van der Waals surface area contributed by atoms with Crippen molar-refractivity contribution in [2.24, 2.45) is 0 Å². The monoisotopic (exact) mass is 275 g/mol. The summed E-state index contributed by atoms with van der Waals surface area (Å²) in [5.74, 6) is -0.468. The van der Waals surface area contributed by atoms with Crippen LogP contribution >= 0.6 is 34.8 Å². The number of halogens is 4. The van der Waals surface area contributed by atoms with Crippen LogP contribution in [0.15, 0.2) is 30.5 Å². The van der Waals surface area contributed by atoms with Crippen molar-refractivity contribution in [3.05, 3.63) is 51.3 Å². The first-order valence-electron chi connectivity index (χ1n) is 4.34. The lowest BCUT2D eigenvalue weighted by Gasteiger charge is -2.05. The molecule has 1 aromatic carbocycles. The summed E-state index contributed by atoms with van der Waals surface area (Å²) < 4.78 is 13.6.